The lowest BCUT2D eigenvalue weighted by Gasteiger charge is -2.13. The van der Waals surface area contributed by atoms with Gasteiger partial charge in [-0.1, -0.05) is 17.7 Å². The molecule has 2 heterocycles. The Morgan fingerprint density at radius 1 is 1.42 bits per heavy atom. The lowest BCUT2D eigenvalue weighted by molar-refractivity contribution is 0.470. The first-order valence-corrected chi connectivity index (χ1v) is 6.97. The molecule has 0 bridgehead atoms. The Kier molecular flexibility index (Phi) is 3.48. The highest BCUT2D eigenvalue weighted by molar-refractivity contribution is 6.35. The number of hydrogen-bond donors (Lipinski definition) is 1. The molecule has 1 unspecified atom stereocenters. The Bertz CT molecular complexity index is 677. The van der Waals surface area contributed by atoms with E-state index in [9.17, 15) is 4.79 Å². The van der Waals surface area contributed by atoms with Crippen LogP contribution in [-0.2, 0) is 6.54 Å². The number of nitrogens with zero attached hydrogens (tertiary/aromatic N) is 2. The molecule has 0 spiro atoms. The van der Waals surface area contributed by atoms with Crippen molar-refractivity contribution in [2.75, 3.05) is 13.1 Å². The molecule has 1 aliphatic rings. The minimum Gasteiger partial charge on any atom is -0.316 e. The highest BCUT2D eigenvalue weighted by Crippen LogP contribution is 2.21. The summed E-state index contributed by atoms with van der Waals surface area (Å²) in [6, 6.07) is 5.21. The standard InChI is InChI=1S/C13H13Cl2N3O/c14-9-2-1-3-10-11(9)12(19)18(13(15)17-10)7-8-4-5-16-6-8/h1-3,8,16H,4-7H2. The molecule has 2 aromatic rings. The van der Waals surface area contributed by atoms with Gasteiger partial charge < -0.3 is 5.32 Å². The summed E-state index contributed by atoms with van der Waals surface area (Å²) in [5.41, 5.74) is 0.385. The van der Waals surface area contributed by atoms with Crippen LogP contribution in [0.5, 0.6) is 0 Å². The Morgan fingerprint density at radius 2 is 2.26 bits per heavy atom. The number of aromatic nitrogens is 2. The second-order valence-corrected chi connectivity index (χ2v) is 5.53. The van der Waals surface area contributed by atoms with Crippen LogP contribution in [0.4, 0.5) is 0 Å². The molecule has 0 saturated carbocycles. The zero-order valence-corrected chi connectivity index (χ0v) is 11.7. The molecule has 0 radical (unpaired) electrons. The predicted octanol–water partition coefficient (Wildman–Crippen LogP) is 2.31. The highest BCUT2D eigenvalue weighted by Gasteiger charge is 2.19. The zero-order valence-electron chi connectivity index (χ0n) is 10.2. The van der Waals surface area contributed by atoms with Crippen LogP contribution in [0.1, 0.15) is 6.42 Å². The molecule has 1 aromatic carbocycles. The molecule has 19 heavy (non-hydrogen) atoms. The second kappa shape index (κ2) is 5.12. The molecule has 0 amide bonds. The Hall–Kier alpha value is -1.10. The van der Waals surface area contributed by atoms with Crippen LogP contribution < -0.4 is 10.9 Å². The van der Waals surface area contributed by atoms with E-state index in [1.165, 1.54) is 4.57 Å². The number of halogens is 2. The van der Waals surface area contributed by atoms with Crippen LogP contribution in [0.15, 0.2) is 23.0 Å². The summed E-state index contributed by atoms with van der Waals surface area (Å²) >= 11 is 12.2. The van der Waals surface area contributed by atoms with Gasteiger partial charge in [0.25, 0.3) is 5.56 Å². The van der Waals surface area contributed by atoms with Gasteiger partial charge in [-0.3, -0.25) is 9.36 Å². The van der Waals surface area contributed by atoms with E-state index in [0.717, 1.165) is 19.5 Å². The maximum Gasteiger partial charge on any atom is 0.263 e. The summed E-state index contributed by atoms with van der Waals surface area (Å²) in [4.78, 5) is 16.8. The number of fused-ring (bicyclic) bond motifs is 1. The van der Waals surface area contributed by atoms with E-state index in [-0.39, 0.29) is 10.8 Å². The van der Waals surface area contributed by atoms with Crippen molar-refractivity contribution >= 4 is 34.1 Å². The Morgan fingerprint density at radius 3 is 3.00 bits per heavy atom. The van der Waals surface area contributed by atoms with Crippen molar-refractivity contribution in [1.82, 2.24) is 14.9 Å². The van der Waals surface area contributed by atoms with Crippen LogP contribution in [0, 0.1) is 5.92 Å². The minimum absolute atomic E-state index is 0.160. The molecular weight excluding hydrogens is 285 g/mol. The Labute approximate surface area is 120 Å². The van der Waals surface area contributed by atoms with Gasteiger partial charge in [-0.2, -0.15) is 0 Å². The summed E-state index contributed by atoms with van der Waals surface area (Å²) in [5.74, 6) is 0.414. The van der Waals surface area contributed by atoms with E-state index in [1.54, 1.807) is 18.2 Å². The van der Waals surface area contributed by atoms with Crippen molar-refractivity contribution in [2.24, 2.45) is 5.92 Å². The quantitative estimate of drug-likeness (QED) is 0.866. The average Bonchev–Trinajstić information content (AvgIpc) is 2.87. The number of rotatable bonds is 2. The fourth-order valence-corrected chi connectivity index (χ4v) is 2.97. The third-order valence-electron chi connectivity index (χ3n) is 3.49. The normalized spacial score (nSPS) is 19.2. The number of hydrogen-bond acceptors (Lipinski definition) is 3. The van der Waals surface area contributed by atoms with Gasteiger partial charge in [-0.25, -0.2) is 4.98 Å². The highest BCUT2D eigenvalue weighted by atomic mass is 35.5. The average molecular weight is 298 g/mol. The van der Waals surface area contributed by atoms with Crippen LogP contribution in [0.3, 0.4) is 0 Å². The summed E-state index contributed by atoms with van der Waals surface area (Å²) in [5, 5.41) is 4.37. The van der Waals surface area contributed by atoms with Crippen molar-refractivity contribution in [3.63, 3.8) is 0 Å². The van der Waals surface area contributed by atoms with Crippen molar-refractivity contribution in [1.29, 1.82) is 0 Å². The lowest BCUT2D eigenvalue weighted by Crippen LogP contribution is -2.27. The van der Waals surface area contributed by atoms with Gasteiger partial charge in [0.1, 0.15) is 0 Å². The molecule has 1 N–H and O–H groups in total. The molecule has 1 aliphatic heterocycles. The van der Waals surface area contributed by atoms with Crippen LogP contribution in [-0.4, -0.2) is 22.6 Å². The lowest BCUT2D eigenvalue weighted by atomic mass is 10.1. The maximum atomic E-state index is 12.5. The molecule has 6 heteroatoms. The van der Waals surface area contributed by atoms with E-state index in [2.05, 4.69) is 10.3 Å². The summed E-state index contributed by atoms with van der Waals surface area (Å²) in [7, 11) is 0. The molecule has 0 aliphatic carbocycles. The van der Waals surface area contributed by atoms with Gasteiger partial charge in [0.2, 0.25) is 5.28 Å². The third kappa shape index (κ3) is 2.36. The van der Waals surface area contributed by atoms with Crippen LogP contribution in [0.25, 0.3) is 10.9 Å². The van der Waals surface area contributed by atoms with Crippen LogP contribution in [0.2, 0.25) is 10.3 Å². The fraction of sp³-hybridized carbons (Fsp3) is 0.385. The first-order valence-electron chi connectivity index (χ1n) is 6.22. The number of nitrogens with one attached hydrogen (secondary N) is 1. The monoisotopic (exact) mass is 297 g/mol. The van der Waals surface area contributed by atoms with E-state index in [0.29, 0.717) is 28.4 Å². The minimum atomic E-state index is -0.160. The summed E-state index contributed by atoms with van der Waals surface area (Å²) in [6.07, 6.45) is 1.04. The molecule has 100 valence electrons. The van der Waals surface area contributed by atoms with Gasteiger partial charge in [0.15, 0.2) is 0 Å². The first kappa shape index (κ1) is 12.9. The van der Waals surface area contributed by atoms with Crippen molar-refractivity contribution < 1.29 is 0 Å². The second-order valence-electron chi connectivity index (χ2n) is 4.79. The topological polar surface area (TPSA) is 46.9 Å². The maximum absolute atomic E-state index is 12.5. The molecule has 1 atom stereocenters. The molecule has 1 fully saturated rings. The van der Waals surface area contributed by atoms with Gasteiger partial charge in [-0.05, 0) is 49.2 Å². The van der Waals surface area contributed by atoms with E-state index >= 15 is 0 Å². The summed E-state index contributed by atoms with van der Waals surface area (Å²) in [6.45, 7) is 2.47. The predicted molar refractivity (Wildman–Crippen MR) is 77.0 cm³/mol. The van der Waals surface area contributed by atoms with Gasteiger partial charge >= 0.3 is 0 Å². The van der Waals surface area contributed by atoms with Crippen LogP contribution >= 0.6 is 23.2 Å². The molecule has 1 aromatic heterocycles. The largest absolute Gasteiger partial charge is 0.316 e. The third-order valence-corrected chi connectivity index (χ3v) is 4.09. The molecular formula is C13H13Cl2N3O. The van der Waals surface area contributed by atoms with Crippen molar-refractivity contribution in [3.8, 4) is 0 Å². The molecule has 3 rings (SSSR count). The Balaban J connectivity index is 2.13. The SMILES string of the molecule is O=c1c2c(Cl)cccc2nc(Cl)n1CC1CCNC1. The van der Waals surface area contributed by atoms with Gasteiger partial charge in [-0.15, -0.1) is 0 Å². The smallest absolute Gasteiger partial charge is 0.263 e. The molecule has 1 saturated heterocycles. The molecule has 4 nitrogen and oxygen atoms in total. The van der Waals surface area contributed by atoms with Gasteiger partial charge in [0.05, 0.1) is 15.9 Å². The zero-order chi connectivity index (χ0) is 13.4. The van der Waals surface area contributed by atoms with E-state index in [4.69, 9.17) is 23.2 Å². The fourth-order valence-electron chi connectivity index (χ4n) is 2.48. The van der Waals surface area contributed by atoms with Crippen molar-refractivity contribution in [2.45, 2.75) is 13.0 Å². The van der Waals surface area contributed by atoms with Gasteiger partial charge in [0, 0.05) is 6.54 Å². The summed E-state index contributed by atoms with van der Waals surface area (Å²) < 4.78 is 1.52. The number of benzene rings is 1. The van der Waals surface area contributed by atoms with E-state index < -0.39 is 0 Å². The first-order chi connectivity index (χ1) is 9.16. The van der Waals surface area contributed by atoms with E-state index in [1.807, 2.05) is 0 Å². The van der Waals surface area contributed by atoms with Crippen molar-refractivity contribution in [3.05, 3.63) is 38.9 Å².